The second-order valence-corrected chi connectivity index (χ2v) is 6.07. The van der Waals surface area contributed by atoms with Gasteiger partial charge >= 0.3 is 0 Å². The van der Waals surface area contributed by atoms with Gasteiger partial charge in [0.1, 0.15) is 5.82 Å². The Kier molecular flexibility index (Phi) is 3.60. The normalized spacial score (nSPS) is 32.3. The lowest BCUT2D eigenvalue weighted by molar-refractivity contribution is 0.0474. The summed E-state index contributed by atoms with van der Waals surface area (Å²) in [6.45, 7) is 4.44. The Labute approximate surface area is 111 Å². The lowest BCUT2D eigenvalue weighted by atomic mass is 9.54. The van der Waals surface area contributed by atoms with E-state index in [1.54, 1.807) is 12.1 Å². The zero-order valence-electron chi connectivity index (χ0n) is 10.6. The summed E-state index contributed by atoms with van der Waals surface area (Å²) in [5.41, 5.74) is 1.02. The molecule has 3 atom stereocenters. The molecular formula is C14H19BrFN. The zero-order chi connectivity index (χ0) is 12.6. The van der Waals surface area contributed by atoms with Gasteiger partial charge in [-0.3, -0.25) is 0 Å². The van der Waals surface area contributed by atoms with Crippen LogP contribution in [-0.4, -0.2) is 13.1 Å². The Morgan fingerprint density at radius 3 is 2.82 bits per heavy atom. The minimum Gasteiger partial charge on any atom is -0.316 e. The van der Waals surface area contributed by atoms with E-state index in [4.69, 9.17) is 0 Å². The van der Waals surface area contributed by atoms with Crippen molar-refractivity contribution in [3.63, 3.8) is 0 Å². The molecule has 0 heterocycles. The first-order valence-corrected chi connectivity index (χ1v) is 6.94. The van der Waals surface area contributed by atoms with E-state index < -0.39 is 0 Å². The van der Waals surface area contributed by atoms with E-state index >= 15 is 0 Å². The first-order chi connectivity index (χ1) is 8.02. The first-order valence-electron chi connectivity index (χ1n) is 6.15. The van der Waals surface area contributed by atoms with Crippen LogP contribution in [0.15, 0.2) is 22.7 Å². The van der Waals surface area contributed by atoms with Crippen LogP contribution in [0.2, 0.25) is 0 Å². The van der Waals surface area contributed by atoms with Crippen LogP contribution >= 0.6 is 15.9 Å². The van der Waals surface area contributed by atoms with Crippen molar-refractivity contribution in [2.24, 2.45) is 5.41 Å². The number of hydrogen-bond donors (Lipinski definition) is 1. The summed E-state index contributed by atoms with van der Waals surface area (Å²) in [4.78, 5) is 0. The average molecular weight is 300 g/mol. The van der Waals surface area contributed by atoms with Crippen LogP contribution in [-0.2, 0) is 0 Å². The Hall–Kier alpha value is -0.410. The number of hydrogen-bond acceptors (Lipinski definition) is 1. The molecule has 0 radical (unpaired) electrons. The van der Waals surface area contributed by atoms with E-state index in [-0.39, 0.29) is 11.2 Å². The third-order valence-corrected chi connectivity index (χ3v) is 5.00. The van der Waals surface area contributed by atoms with Gasteiger partial charge in [0.15, 0.2) is 0 Å². The molecule has 1 nitrogen and oxygen atoms in total. The molecule has 1 aromatic carbocycles. The molecule has 0 aromatic heterocycles. The SMILES string of the molecule is CCC1(C)C(NC)CC1c1cc(Br)ccc1F. The maximum atomic E-state index is 13.9. The third-order valence-electron chi connectivity index (χ3n) is 4.51. The summed E-state index contributed by atoms with van der Waals surface area (Å²) >= 11 is 3.43. The van der Waals surface area contributed by atoms with Crippen molar-refractivity contribution >= 4 is 15.9 Å². The largest absolute Gasteiger partial charge is 0.316 e. The summed E-state index contributed by atoms with van der Waals surface area (Å²) in [6.07, 6.45) is 2.09. The fourth-order valence-corrected chi connectivity index (χ4v) is 3.44. The van der Waals surface area contributed by atoms with Crippen LogP contribution in [0.4, 0.5) is 4.39 Å². The van der Waals surface area contributed by atoms with Gasteiger partial charge in [-0.15, -0.1) is 0 Å². The lowest BCUT2D eigenvalue weighted by Crippen LogP contribution is -2.55. The van der Waals surface area contributed by atoms with Crippen LogP contribution in [0.25, 0.3) is 0 Å². The van der Waals surface area contributed by atoms with Crippen molar-refractivity contribution in [1.29, 1.82) is 0 Å². The van der Waals surface area contributed by atoms with Crippen molar-refractivity contribution in [3.8, 4) is 0 Å². The van der Waals surface area contributed by atoms with Crippen molar-refractivity contribution in [2.45, 2.75) is 38.6 Å². The third kappa shape index (κ3) is 2.04. The molecule has 1 aliphatic rings. The molecule has 17 heavy (non-hydrogen) atoms. The van der Waals surface area contributed by atoms with Gasteiger partial charge in [0.25, 0.3) is 0 Å². The average Bonchev–Trinajstić information content (AvgIpc) is 2.31. The maximum absolute atomic E-state index is 13.9. The van der Waals surface area contributed by atoms with Crippen LogP contribution < -0.4 is 5.32 Å². The van der Waals surface area contributed by atoms with Gasteiger partial charge in [-0.05, 0) is 55.0 Å². The fourth-order valence-electron chi connectivity index (χ4n) is 3.06. The number of nitrogens with one attached hydrogen (secondary N) is 1. The van der Waals surface area contributed by atoms with E-state index in [9.17, 15) is 4.39 Å². The number of halogens is 2. The molecule has 1 N–H and O–H groups in total. The van der Waals surface area contributed by atoms with E-state index in [1.165, 1.54) is 0 Å². The van der Waals surface area contributed by atoms with E-state index in [1.807, 2.05) is 13.1 Å². The van der Waals surface area contributed by atoms with Gasteiger partial charge < -0.3 is 5.32 Å². The maximum Gasteiger partial charge on any atom is 0.126 e. The van der Waals surface area contributed by atoms with Crippen LogP contribution in [0, 0.1) is 11.2 Å². The Morgan fingerprint density at radius 1 is 1.53 bits per heavy atom. The summed E-state index contributed by atoms with van der Waals surface area (Å²) in [5, 5.41) is 3.34. The molecule has 3 heteroatoms. The van der Waals surface area contributed by atoms with Gasteiger partial charge in [0.05, 0.1) is 0 Å². The van der Waals surface area contributed by atoms with Crippen molar-refractivity contribution in [1.82, 2.24) is 5.32 Å². The topological polar surface area (TPSA) is 12.0 Å². The predicted octanol–water partition coefficient (Wildman–Crippen LogP) is 4.08. The molecule has 2 rings (SSSR count). The molecule has 94 valence electrons. The first kappa shape index (κ1) is 13.0. The highest BCUT2D eigenvalue weighted by atomic mass is 79.9. The predicted molar refractivity (Wildman–Crippen MR) is 72.7 cm³/mol. The Bertz CT molecular complexity index is 421. The van der Waals surface area contributed by atoms with Gasteiger partial charge in [-0.2, -0.15) is 0 Å². The second-order valence-electron chi connectivity index (χ2n) is 5.15. The van der Waals surface area contributed by atoms with Crippen molar-refractivity contribution in [2.75, 3.05) is 7.05 Å². The van der Waals surface area contributed by atoms with Gasteiger partial charge in [-0.1, -0.05) is 29.8 Å². The Morgan fingerprint density at radius 2 is 2.24 bits per heavy atom. The van der Waals surface area contributed by atoms with Crippen molar-refractivity contribution in [3.05, 3.63) is 34.1 Å². The molecular weight excluding hydrogens is 281 g/mol. The quantitative estimate of drug-likeness (QED) is 0.887. The monoisotopic (exact) mass is 299 g/mol. The minimum atomic E-state index is -0.0765. The van der Waals surface area contributed by atoms with Crippen molar-refractivity contribution < 1.29 is 4.39 Å². The highest BCUT2D eigenvalue weighted by Gasteiger charge is 2.50. The van der Waals surface area contributed by atoms with E-state index in [0.717, 1.165) is 22.9 Å². The summed E-state index contributed by atoms with van der Waals surface area (Å²) in [7, 11) is 1.99. The van der Waals surface area contributed by atoms with Crippen LogP contribution in [0.3, 0.4) is 0 Å². The smallest absolute Gasteiger partial charge is 0.126 e. The van der Waals surface area contributed by atoms with Crippen LogP contribution in [0.5, 0.6) is 0 Å². The summed E-state index contributed by atoms with van der Waals surface area (Å²) < 4.78 is 14.9. The van der Waals surface area contributed by atoms with Crippen LogP contribution in [0.1, 0.15) is 38.2 Å². The number of rotatable bonds is 3. The molecule has 0 amide bonds. The van der Waals surface area contributed by atoms with Gasteiger partial charge in [0, 0.05) is 10.5 Å². The highest BCUT2D eigenvalue weighted by molar-refractivity contribution is 9.10. The van der Waals surface area contributed by atoms with Gasteiger partial charge in [-0.25, -0.2) is 4.39 Å². The molecule has 3 unspecified atom stereocenters. The molecule has 1 fully saturated rings. The molecule has 0 bridgehead atoms. The number of benzene rings is 1. The molecule has 0 saturated heterocycles. The summed E-state index contributed by atoms with van der Waals surface area (Å²) in [5.74, 6) is 0.245. The van der Waals surface area contributed by atoms with E-state index in [2.05, 4.69) is 35.1 Å². The molecule has 1 aromatic rings. The standard InChI is InChI=1S/C14H19BrFN/c1-4-14(2)11(8-13(14)17-3)10-7-9(15)5-6-12(10)16/h5-7,11,13,17H,4,8H2,1-3H3. The van der Waals surface area contributed by atoms with Gasteiger partial charge in [0.2, 0.25) is 0 Å². The highest BCUT2D eigenvalue weighted by Crippen LogP contribution is 2.55. The molecule has 0 aliphatic heterocycles. The summed E-state index contributed by atoms with van der Waals surface area (Å²) in [6, 6.07) is 5.74. The zero-order valence-corrected chi connectivity index (χ0v) is 12.1. The lowest BCUT2D eigenvalue weighted by Gasteiger charge is -2.54. The molecule has 1 aliphatic carbocycles. The molecule has 0 spiro atoms. The second kappa shape index (κ2) is 4.69. The fraction of sp³-hybridized carbons (Fsp3) is 0.571. The van der Waals surface area contributed by atoms with E-state index in [0.29, 0.717) is 12.0 Å². The minimum absolute atomic E-state index is 0.0765. The Balaban J connectivity index is 2.33. The molecule has 1 saturated carbocycles.